The average Bonchev–Trinajstić information content (AvgIpc) is 2.63. The molecule has 0 radical (unpaired) electrons. The Morgan fingerprint density at radius 3 is 2.64 bits per heavy atom. The number of aliphatic hydroxyl groups excluding tert-OH is 1. The molecule has 1 spiro atoms. The Balaban J connectivity index is 1.84. The van der Waals surface area contributed by atoms with Crippen LogP contribution in [0.15, 0.2) is 0 Å². The largest absolute Gasteiger partial charge is 0.391 e. The molecule has 3 atom stereocenters. The highest BCUT2D eigenvalue weighted by Gasteiger charge is 2.53. The first-order valence-electron chi connectivity index (χ1n) is 5.38. The Morgan fingerprint density at radius 2 is 2.00 bits per heavy atom. The minimum Gasteiger partial charge on any atom is -0.391 e. The molecule has 3 saturated heterocycles. The maximum atomic E-state index is 9.86. The summed E-state index contributed by atoms with van der Waals surface area (Å²) in [5, 5.41) is 9.86. The summed E-state index contributed by atoms with van der Waals surface area (Å²) in [5.74, 6) is -0.362. The van der Waals surface area contributed by atoms with Crippen LogP contribution in [0, 0.1) is 0 Å². The minimum atomic E-state index is -0.362. The van der Waals surface area contributed by atoms with Gasteiger partial charge in [0, 0.05) is 24.9 Å². The van der Waals surface area contributed by atoms with Gasteiger partial charge in [-0.1, -0.05) is 0 Å². The summed E-state index contributed by atoms with van der Waals surface area (Å²) >= 11 is 0. The number of ether oxygens (including phenoxy) is 2. The predicted octanol–water partition coefficient (Wildman–Crippen LogP) is -0.0431. The lowest BCUT2D eigenvalue weighted by atomic mass is 9.96. The van der Waals surface area contributed by atoms with Crippen LogP contribution in [0.25, 0.3) is 0 Å². The molecule has 2 bridgehead atoms. The molecule has 0 amide bonds. The SMILES string of the molecule is CN1C2C[C@@H](O)C1CC1(C2)OCCO1. The zero-order valence-corrected chi connectivity index (χ0v) is 8.48. The Labute approximate surface area is 83.8 Å². The molecule has 1 N–H and O–H groups in total. The van der Waals surface area contributed by atoms with Crippen molar-refractivity contribution in [3.63, 3.8) is 0 Å². The van der Waals surface area contributed by atoms with E-state index in [4.69, 9.17) is 9.47 Å². The monoisotopic (exact) mass is 199 g/mol. The number of fused-ring (bicyclic) bond motifs is 2. The first-order valence-corrected chi connectivity index (χ1v) is 5.38. The normalized spacial score (nSPS) is 46.3. The second-order valence-electron chi connectivity index (χ2n) is 4.71. The summed E-state index contributed by atoms with van der Waals surface area (Å²) in [6, 6.07) is 0.661. The third-order valence-corrected chi connectivity index (χ3v) is 3.94. The van der Waals surface area contributed by atoms with Crippen LogP contribution >= 0.6 is 0 Å². The van der Waals surface area contributed by atoms with E-state index in [-0.39, 0.29) is 17.9 Å². The molecule has 3 heterocycles. The number of aliphatic hydroxyl groups is 1. The van der Waals surface area contributed by atoms with E-state index in [1.54, 1.807) is 0 Å². The summed E-state index contributed by atoms with van der Waals surface area (Å²) in [6.45, 7) is 1.42. The molecular formula is C10H17NO3. The van der Waals surface area contributed by atoms with Gasteiger partial charge in [-0.05, 0) is 13.5 Å². The molecule has 0 aromatic carbocycles. The van der Waals surface area contributed by atoms with Crippen molar-refractivity contribution in [2.45, 2.75) is 43.2 Å². The van der Waals surface area contributed by atoms with Crippen molar-refractivity contribution in [1.29, 1.82) is 0 Å². The van der Waals surface area contributed by atoms with Crippen molar-refractivity contribution in [2.24, 2.45) is 0 Å². The average molecular weight is 199 g/mol. The lowest BCUT2D eigenvalue weighted by molar-refractivity contribution is -0.199. The molecule has 0 aromatic rings. The highest BCUT2D eigenvalue weighted by Crippen LogP contribution is 2.43. The van der Waals surface area contributed by atoms with Gasteiger partial charge in [0.15, 0.2) is 5.79 Å². The maximum absolute atomic E-state index is 9.86. The van der Waals surface area contributed by atoms with Gasteiger partial charge in [-0.25, -0.2) is 0 Å². The van der Waals surface area contributed by atoms with E-state index >= 15 is 0 Å². The van der Waals surface area contributed by atoms with Gasteiger partial charge < -0.3 is 14.6 Å². The fourth-order valence-corrected chi connectivity index (χ4v) is 3.15. The van der Waals surface area contributed by atoms with Crippen LogP contribution < -0.4 is 0 Å². The topological polar surface area (TPSA) is 41.9 Å². The first kappa shape index (κ1) is 9.09. The fourth-order valence-electron chi connectivity index (χ4n) is 3.15. The number of hydrogen-bond donors (Lipinski definition) is 1. The van der Waals surface area contributed by atoms with Gasteiger partial charge >= 0.3 is 0 Å². The molecule has 0 aromatic heterocycles. The van der Waals surface area contributed by atoms with Crippen LogP contribution in [0.3, 0.4) is 0 Å². The molecule has 80 valence electrons. The molecule has 3 fully saturated rings. The van der Waals surface area contributed by atoms with E-state index in [0.29, 0.717) is 19.3 Å². The number of likely N-dealkylation sites (N-methyl/N-ethyl adjacent to an activating group) is 1. The van der Waals surface area contributed by atoms with Crippen molar-refractivity contribution in [2.75, 3.05) is 20.3 Å². The molecule has 0 saturated carbocycles. The van der Waals surface area contributed by atoms with Crippen molar-refractivity contribution in [3.8, 4) is 0 Å². The van der Waals surface area contributed by atoms with Gasteiger partial charge in [-0.3, -0.25) is 4.90 Å². The zero-order chi connectivity index (χ0) is 9.76. The lowest BCUT2D eigenvalue weighted by Gasteiger charge is -2.41. The van der Waals surface area contributed by atoms with Crippen LogP contribution in [-0.4, -0.2) is 54.2 Å². The molecule has 3 aliphatic rings. The van der Waals surface area contributed by atoms with Gasteiger partial charge in [0.05, 0.1) is 19.3 Å². The Kier molecular flexibility index (Phi) is 1.89. The smallest absolute Gasteiger partial charge is 0.171 e. The van der Waals surface area contributed by atoms with Gasteiger partial charge in [0.2, 0.25) is 0 Å². The van der Waals surface area contributed by atoms with Gasteiger partial charge in [0.1, 0.15) is 0 Å². The third kappa shape index (κ3) is 1.15. The van der Waals surface area contributed by atoms with Crippen LogP contribution in [0.5, 0.6) is 0 Å². The quantitative estimate of drug-likeness (QED) is 0.594. The standard InChI is InChI=1S/C10H17NO3/c1-11-7-4-9(12)8(11)6-10(5-7)13-2-3-14-10/h7-9,12H,2-6H2,1H3/t7?,8?,9-/m1/s1. The van der Waals surface area contributed by atoms with Crippen LogP contribution in [0.4, 0.5) is 0 Å². The van der Waals surface area contributed by atoms with Crippen molar-refractivity contribution < 1.29 is 14.6 Å². The molecule has 0 aliphatic carbocycles. The van der Waals surface area contributed by atoms with Gasteiger partial charge in [-0.2, -0.15) is 0 Å². The highest BCUT2D eigenvalue weighted by molar-refractivity contribution is 5.03. The summed E-state index contributed by atoms with van der Waals surface area (Å²) in [6.07, 6.45) is 2.41. The third-order valence-electron chi connectivity index (χ3n) is 3.94. The molecule has 2 unspecified atom stereocenters. The van der Waals surface area contributed by atoms with Gasteiger partial charge in [-0.15, -0.1) is 0 Å². The molecular weight excluding hydrogens is 182 g/mol. The first-order chi connectivity index (χ1) is 6.70. The number of hydrogen-bond acceptors (Lipinski definition) is 4. The number of piperidine rings is 1. The Morgan fingerprint density at radius 1 is 1.29 bits per heavy atom. The molecule has 4 heteroatoms. The summed E-state index contributed by atoms with van der Waals surface area (Å²) < 4.78 is 11.4. The molecule has 4 nitrogen and oxygen atoms in total. The van der Waals surface area contributed by atoms with Crippen molar-refractivity contribution in [3.05, 3.63) is 0 Å². The molecule has 3 rings (SSSR count). The summed E-state index contributed by atoms with van der Waals surface area (Å²) in [7, 11) is 2.09. The fraction of sp³-hybridized carbons (Fsp3) is 1.00. The van der Waals surface area contributed by atoms with Crippen molar-refractivity contribution >= 4 is 0 Å². The molecule has 3 aliphatic heterocycles. The second-order valence-corrected chi connectivity index (χ2v) is 4.71. The minimum absolute atomic E-state index is 0.197. The lowest BCUT2D eigenvalue weighted by Crippen LogP contribution is -2.51. The number of rotatable bonds is 0. The highest BCUT2D eigenvalue weighted by atomic mass is 16.7. The van der Waals surface area contributed by atoms with E-state index < -0.39 is 0 Å². The van der Waals surface area contributed by atoms with Crippen LogP contribution in [0.1, 0.15) is 19.3 Å². The Hall–Kier alpha value is -0.160. The van der Waals surface area contributed by atoms with E-state index in [2.05, 4.69) is 11.9 Å². The van der Waals surface area contributed by atoms with Crippen LogP contribution in [-0.2, 0) is 9.47 Å². The summed E-state index contributed by atoms with van der Waals surface area (Å²) in [5.41, 5.74) is 0. The summed E-state index contributed by atoms with van der Waals surface area (Å²) in [4.78, 5) is 2.28. The van der Waals surface area contributed by atoms with E-state index in [0.717, 1.165) is 19.3 Å². The maximum Gasteiger partial charge on any atom is 0.171 e. The Bertz CT molecular complexity index is 240. The van der Waals surface area contributed by atoms with E-state index in [1.165, 1.54) is 0 Å². The predicted molar refractivity (Wildman–Crippen MR) is 49.8 cm³/mol. The van der Waals surface area contributed by atoms with E-state index in [1.807, 2.05) is 0 Å². The number of nitrogens with zero attached hydrogens (tertiary/aromatic N) is 1. The van der Waals surface area contributed by atoms with Gasteiger partial charge in [0.25, 0.3) is 0 Å². The van der Waals surface area contributed by atoms with E-state index in [9.17, 15) is 5.11 Å². The van der Waals surface area contributed by atoms with Crippen molar-refractivity contribution in [1.82, 2.24) is 4.90 Å². The van der Waals surface area contributed by atoms with Crippen LogP contribution in [0.2, 0.25) is 0 Å². The second kappa shape index (κ2) is 2.92. The molecule has 14 heavy (non-hydrogen) atoms. The zero-order valence-electron chi connectivity index (χ0n) is 8.48.